The van der Waals surface area contributed by atoms with Gasteiger partial charge in [0.25, 0.3) is 5.91 Å². The first-order valence-corrected chi connectivity index (χ1v) is 9.01. The van der Waals surface area contributed by atoms with Crippen molar-refractivity contribution in [2.24, 2.45) is 0 Å². The molecule has 1 aromatic heterocycles. The summed E-state index contributed by atoms with van der Waals surface area (Å²) in [6.07, 6.45) is 1.15. The van der Waals surface area contributed by atoms with Crippen LogP contribution in [-0.4, -0.2) is 34.9 Å². The number of hydrogen-bond donors (Lipinski definition) is 1. The summed E-state index contributed by atoms with van der Waals surface area (Å²) in [6, 6.07) is 15.0. The molecule has 2 amide bonds. The van der Waals surface area contributed by atoms with Crippen LogP contribution in [0.1, 0.15) is 21.6 Å². The standard InChI is InChI=1S/C21H20N4O3/c1-14-7-3-5-9-18(14)25-15(2)16(13-22-25)20(26)23-17-8-4-6-10-19(17)24-11-12-28-21(24)27/h3-10,13H,11-12H2,1-2H3,(H,23,26). The van der Waals surface area contributed by atoms with Crippen LogP contribution in [0.5, 0.6) is 0 Å². The van der Waals surface area contributed by atoms with Crippen molar-refractivity contribution in [1.29, 1.82) is 0 Å². The fraction of sp³-hybridized carbons (Fsp3) is 0.190. The molecule has 0 aliphatic carbocycles. The summed E-state index contributed by atoms with van der Waals surface area (Å²) in [4.78, 5) is 26.3. The normalized spacial score (nSPS) is 13.5. The van der Waals surface area contributed by atoms with Gasteiger partial charge in [-0.15, -0.1) is 0 Å². The number of carbonyl (C=O) groups is 2. The van der Waals surface area contributed by atoms with E-state index >= 15 is 0 Å². The summed E-state index contributed by atoms with van der Waals surface area (Å²) in [7, 11) is 0. The van der Waals surface area contributed by atoms with E-state index in [4.69, 9.17) is 4.74 Å². The van der Waals surface area contributed by atoms with Gasteiger partial charge >= 0.3 is 6.09 Å². The molecule has 3 aromatic rings. The fourth-order valence-electron chi connectivity index (χ4n) is 3.29. The van der Waals surface area contributed by atoms with Gasteiger partial charge in [-0.3, -0.25) is 9.69 Å². The predicted molar refractivity (Wildman–Crippen MR) is 106 cm³/mol. The number of carbonyl (C=O) groups excluding carboxylic acids is 2. The zero-order valence-electron chi connectivity index (χ0n) is 15.7. The van der Waals surface area contributed by atoms with Gasteiger partial charge in [-0.2, -0.15) is 5.10 Å². The van der Waals surface area contributed by atoms with Crippen LogP contribution in [0.15, 0.2) is 54.7 Å². The quantitative estimate of drug-likeness (QED) is 0.753. The number of cyclic esters (lactones) is 1. The number of aryl methyl sites for hydroxylation is 1. The Bertz CT molecular complexity index is 1060. The van der Waals surface area contributed by atoms with Crippen molar-refractivity contribution in [3.8, 4) is 5.69 Å². The third kappa shape index (κ3) is 3.11. The van der Waals surface area contributed by atoms with Crippen LogP contribution in [-0.2, 0) is 4.74 Å². The van der Waals surface area contributed by atoms with Gasteiger partial charge < -0.3 is 10.1 Å². The minimum atomic E-state index is -0.412. The van der Waals surface area contributed by atoms with Crippen molar-refractivity contribution in [2.45, 2.75) is 13.8 Å². The molecule has 0 unspecified atom stereocenters. The first-order chi connectivity index (χ1) is 13.6. The second-order valence-electron chi connectivity index (χ2n) is 6.58. The van der Waals surface area contributed by atoms with E-state index in [0.717, 1.165) is 16.9 Å². The number of hydrogen-bond acceptors (Lipinski definition) is 4. The number of anilines is 2. The van der Waals surface area contributed by atoms with E-state index in [1.807, 2.05) is 50.2 Å². The molecule has 7 heteroatoms. The smallest absolute Gasteiger partial charge is 0.414 e. The second kappa shape index (κ2) is 7.19. The van der Waals surface area contributed by atoms with Gasteiger partial charge in [-0.05, 0) is 37.6 Å². The molecule has 0 saturated carbocycles. The number of para-hydroxylation sites is 3. The topological polar surface area (TPSA) is 76.5 Å². The third-order valence-electron chi connectivity index (χ3n) is 4.80. The molecule has 0 atom stereocenters. The Morgan fingerprint density at radius 1 is 1.07 bits per heavy atom. The Morgan fingerprint density at radius 2 is 1.79 bits per heavy atom. The average Bonchev–Trinajstić information content (AvgIpc) is 3.28. The van der Waals surface area contributed by atoms with Gasteiger partial charge in [0.2, 0.25) is 0 Å². The summed E-state index contributed by atoms with van der Waals surface area (Å²) < 4.78 is 6.77. The maximum absolute atomic E-state index is 12.9. The summed E-state index contributed by atoms with van der Waals surface area (Å²) in [5.41, 5.74) is 4.38. The fourth-order valence-corrected chi connectivity index (χ4v) is 3.29. The van der Waals surface area contributed by atoms with Gasteiger partial charge in [-0.1, -0.05) is 30.3 Å². The summed E-state index contributed by atoms with van der Waals surface area (Å²) >= 11 is 0. The molecular formula is C21H20N4O3. The Labute approximate surface area is 162 Å². The number of aromatic nitrogens is 2. The van der Waals surface area contributed by atoms with Crippen LogP contribution in [0, 0.1) is 13.8 Å². The van der Waals surface area contributed by atoms with Crippen molar-refractivity contribution >= 4 is 23.4 Å². The molecule has 28 heavy (non-hydrogen) atoms. The lowest BCUT2D eigenvalue weighted by Crippen LogP contribution is -2.25. The monoisotopic (exact) mass is 376 g/mol. The third-order valence-corrected chi connectivity index (χ3v) is 4.80. The van der Waals surface area contributed by atoms with Crippen LogP contribution in [0.2, 0.25) is 0 Å². The average molecular weight is 376 g/mol. The Balaban J connectivity index is 1.63. The van der Waals surface area contributed by atoms with Crippen molar-refractivity contribution in [3.05, 3.63) is 71.5 Å². The number of ether oxygens (including phenoxy) is 1. The first kappa shape index (κ1) is 17.8. The molecule has 1 fully saturated rings. The largest absolute Gasteiger partial charge is 0.447 e. The van der Waals surface area contributed by atoms with Gasteiger partial charge in [0.1, 0.15) is 6.61 Å². The molecule has 1 N–H and O–H groups in total. The Hall–Kier alpha value is -3.61. The van der Waals surface area contributed by atoms with Crippen LogP contribution in [0.25, 0.3) is 5.69 Å². The SMILES string of the molecule is Cc1ccccc1-n1ncc(C(=O)Nc2ccccc2N2CCOC2=O)c1C. The van der Waals surface area contributed by atoms with Crippen molar-refractivity contribution in [3.63, 3.8) is 0 Å². The second-order valence-corrected chi connectivity index (χ2v) is 6.58. The zero-order chi connectivity index (χ0) is 19.7. The molecular weight excluding hydrogens is 356 g/mol. The lowest BCUT2D eigenvalue weighted by Gasteiger charge is -2.17. The van der Waals surface area contributed by atoms with E-state index in [1.165, 1.54) is 4.90 Å². The Morgan fingerprint density at radius 3 is 2.50 bits per heavy atom. The van der Waals surface area contributed by atoms with Gasteiger partial charge in [-0.25, -0.2) is 9.48 Å². The van der Waals surface area contributed by atoms with E-state index in [0.29, 0.717) is 30.1 Å². The minimum Gasteiger partial charge on any atom is -0.447 e. The number of nitrogens with zero attached hydrogens (tertiary/aromatic N) is 3. The maximum atomic E-state index is 12.9. The first-order valence-electron chi connectivity index (χ1n) is 9.01. The zero-order valence-corrected chi connectivity index (χ0v) is 15.7. The highest BCUT2D eigenvalue weighted by Gasteiger charge is 2.26. The maximum Gasteiger partial charge on any atom is 0.414 e. The molecule has 0 spiro atoms. The number of amides is 2. The minimum absolute atomic E-state index is 0.280. The highest BCUT2D eigenvalue weighted by Crippen LogP contribution is 2.29. The van der Waals surface area contributed by atoms with Gasteiger partial charge in [0, 0.05) is 0 Å². The summed E-state index contributed by atoms with van der Waals surface area (Å²) in [6.45, 7) is 4.65. The summed E-state index contributed by atoms with van der Waals surface area (Å²) in [5, 5.41) is 7.30. The van der Waals surface area contributed by atoms with Crippen LogP contribution in [0.3, 0.4) is 0 Å². The van der Waals surface area contributed by atoms with E-state index in [1.54, 1.807) is 23.0 Å². The lowest BCUT2D eigenvalue weighted by molar-refractivity contribution is 0.102. The molecule has 0 bridgehead atoms. The molecule has 1 aliphatic rings. The number of rotatable bonds is 4. The number of nitrogens with one attached hydrogen (secondary N) is 1. The molecule has 142 valence electrons. The number of benzene rings is 2. The van der Waals surface area contributed by atoms with E-state index < -0.39 is 6.09 Å². The molecule has 1 saturated heterocycles. The van der Waals surface area contributed by atoms with Crippen LogP contribution in [0.4, 0.5) is 16.2 Å². The highest BCUT2D eigenvalue weighted by molar-refractivity contribution is 6.07. The lowest BCUT2D eigenvalue weighted by atomic mass is 10.2. The molecule has 0 radical (unpaired) electrons. The van der Waals surface area contributed by atoms with Crippen LogP contribution < -0.4 is 10.2 Å². The van der Waals surface area contributed by atoms with E-state index in [9.17, 15) is 9.59 Å². The summed E-state index contributed by atoms with van der Waals surface area (Å²) in [5.74, 6) is -0.280. The van der Waals surface area contributed by atoms with Crippen molar-refractivity contribution < 1.29 is 14.3 Å². The van der Waals surface area contributed by atoms with E-state index in [-0.39, 0.29) is 5.91 Å². The molecule has 1 aliphatic heterocycles. The molecule has 2 heterocycles. The molecule has 7 nitrogen and oxygen atoms in total. The highest BCUT2D eigenvalue weighted by atomic mass is 16.6. The molecule has 4 rings (SSSR count). The van der Waals surface area contributed by atoms with Gasteiger partial charge in [0.05, 0.1) is 41.1 Å². The Kier molecular flexibility index (Phi) is 4.57. The molecule has 2 aromatic carbocycles. The van der Waals surface area contributed by atoms with Crippen molar-refractivity contribution in [1.82, 2.24) is 9.78 Å². The van der Waals surface area contributed by atoms with Crippen molar-refractivity contribution in [2.75, 3.05) is 23.4 Å². The van der Waals surface area contributed by atoms with E-state index in [2.05, 4.69) is 10.4 Å². The van der Waals surface area contributed by atoms with Gasteiger partial charge in [0.15, 0.2) is 0 Å². The van der Waals surface area contributed by atoms with Crippen LogP contribution >= 0.6 is 0 Å². The predicted octanol–water partition coefficient (Wildman–Crippen LogP) is 3.70.